The van der Waals surface area contributed by atoms with E-state index in [0.717, 1.165) is 51.3 Å². The molecule has 1 unspecified atom stereocenters. The molecule has 1 aromatic rings. The summed E-state index contributed by atoms with van der Waals surface area (Å²) in [5.41, 5.74) is 2.63. The Hall–Kier alpha value is -2.04. The Morgan fingerprint density at radius 1 is 1.22 bits per heavy atom. The third-order valence-electron chi connectivity index (χ3n) is 5.81. The lowest BCUT2D eigenvalue weighted by molar-refractivity contribution is -0.135. The van der Waals surface area contributed by atoms with E-state index in [9.17, 15) is 4.79 Å². The van der Waals surface area contributed by atoms with E-state index in [1.54, 1.807) is 0 Å². The summed E-state index contributed by atoms with van der Waals surface area (Å²) in [6.45, 7) is 4.64. The van der Waals surface area contributed by atoms with Crippen LogP contribution < -0.4 is 10.6 Å². The molecule has 1 aliphatic heterocycles. The van der Waals surface area contributed by atoms with Gasteiger partial charge in [-0.15, -0.1) is 0 Å². The smallest absolute Gasteiger partial charge is 0.225 e. The van der Waals surface area contributed by atoms with Gasteiger partial charge < -0.3 is 15.5 Å². The summed E-state index contributed by atoms with van der Waals surface area (Å²) < 4.78 is 0. The first kappa shape index (κ1) is 19.7. The molecule has 148 valence electrons. The summed E-state index contributed by atoms with van der Waals surface area (Å²) in [6, 6.07) is 8.91. The second-order valence-electron chi connectivity index (χ2n) is 7.99. The fourth-order valence-corrected chi connectivity index (χ4v) is 4.27. The number of nitrogens with zero attached hydrogens (tertiary/aromatic N) is 2. The lowest BCUT2D eigenvalue weighted by atomic mass is 9.88. The molecular weight excluding hydrogens is 336 g/mol. The minimum atomic E-state index is 0.268. The average molecular weight is 371 g/mol. The summed E-state index contributed by atoms with van der Waals surface area (Å²) in [7, 11) is 1.81. The molecule has 0 bridgehead atoms. The number of hydrogen-bond acceptors (Lipinski definition) is 2. The fraction of sp³-hybridized carbons (Fsp3) is 0.636. The number of rotatable bonds is 5. The Morgan fingerprint density at radius 2 is 2.04 bits per heavy atom. The zero-order valence-corrected chi connectivity index (χ0v) is 16.8. The molecule has 27 heavy (non-hydrogen) atoms. The molecule has 1 saturated carbocycles. The predicted molar refractivity (Wildman–Crippen MR) is 111 cm³/mol. The van der Waals surface area contributed by atoms with Crippen LogP contribution in [0.25, 0.3) is 0 Å². The maximum Gasteiger partial charge on any atom is 0.225 e. The normalized spacial score (nSPS) is 21.3. The molecule has 3 rings (SSSR count). The number of carbonyl (C=O) groups excluding carboxylic acids is 1. The van der Waals surface area contributed by atoms with E-state index in [1.807, 2.05) is 7.05 Å². The number of aryl methyl sites for hydroxylation is 1. The number of guanidine groups is 1. The Kier molecular flexibility index (Phi) is 7.13. The Bertz CT molecular complexity index is 651. The molecule has 2 aliphatic rings. The van der Waals surface area contributed by atoms with Crippen molar-refractivity contribution in [2.24, 2.45) is 10.9 Å². The Labute approximate surface area is 163 Å². The van der Waals surface area contributed by atoms with Crippen molar-refractivity contribution in [1.29, 1.82) is 0 Å². The summed E-state index contributed by atoms with van der Waals surface area (Å²) in [4.78, 5) is 19.1. The van der Waals surface area contributed by atoms with Crippen LogP contribution in [0.3, 0.4) is 0 Å². The van der Waals surface area contributed by atoms with Gasteiger partial charge in [0.25, 0.3) is 0 Å². The monoisotopic (exact) mass is 370 g/mol. The standard InChI is InChI=1S/C22H34N4O/c1-17-7-6-8-18(15-17)11-13-24-22(23-2)25-20-12-14-26(16-20)21(27)19-9-4-3-5-10-19/h6-8,15,19-20H,3-5,9-14,16H2,1-2H3,(H2,23,24,25). The molecule has 0 aromatic heterocycles. The lowest BCUT2D eigenvalue weighted by Gasteiger charge is -2.26. The van der Waals surface area contributed by atoms with Gasteiger partial charge in [0.05, 0.1) is 0 Å². The number of hydrogen-bond donors (Lipinski definition) is 2. The van der Waals surface area contributed by atoms with Crippen molar-refractivity contribution in [3.05, 3.63) is 35.4 Å². The SMILES string of the molecule is CN=C(NCCc1cccc(C)c1)NC1CCN(C(=O)C2CCCCC2)C1. The van der Waals surface area contributed by atoms with Crippen molar-refractivity contribution in [2.45, 2.75) is 57.9 Å². The molecule has 0 spiro atoms. The number of likely N-dealkylation sites (tertiary alicyclic amines) is 1. The number of carbonyl (C=O) groups is 1. The quantitative estimate of drug-likeness (QED) is 0.619. The molecular formula is C22H34N4O. The third kappa shape index (κ3) is 5.72. The van der Waals surface area contributed by atoms with E-state index < -0.39 is 0 Å². The first-order valence-corrected chi connectivity index (χ1v) is 10.5. The van der Waals surface area contributed by atoms with E-state index in [4.69, 9.17) is 0 Å². The molecule has 1 saturated heterocycles. The van der Waals surface area contributed by atoms with E-state index in [-0.39, 0.29) is 5.92 Å². The zero-order chi connectivity index (χ0) is 19.1. The van der Waals surface area contributed by atoms with Gasteiger partial charge in [-0.3, -0.25) is 9.79 Å². The number of amides is 1. The maximum atomic E-state index is 12.7. The molecule has 0 radical (unpaired) electrons. The van der Waals surface area contributed by atoms with Crippen molar-refractivity contribution < 1.29 is 4.79 Å². The van der Waals surface area contributed by atoms with Gasteiger partial charge in [-0.1, -0.05) is 49.1 Å². The number of benzene rings is 1. The van der Waals surface area contributed by atoms with Crippen LogP contribution in [0.1, 0.15) is 49.7 Å². The van der Waals surface area contributed by atoms with Crippen LogP contribution in [0.15, 0.2) is 29.3 Å². The van der Waals surface area contributed by atoms with Crippen molar-refractivity contribution in [3.63, 3.8) is 0 Å². The highest BCUT2D eigenvalue weighted by atomic mass is 16.2. The molecule has 2 N–H and O–H groups in total. The van der Waals surface area contributed by atoms with Crippen LogP contribution in [0.4, 0.5) is 0 Å². The molecule has 1 atom stereocenters. The largest absolute Gasteiger partial charge is 0.356 e. The molecule has 5 nitrogen and oxygen atoms in total. The zero-order valence-electron chi connectivity index (χ0n) is 16.8. The minimum Gasteiger partial charge on any atom is -0.356 e. The predicted octanol–water partition coefficient (Wildman–Crippen LogP) is 2.88. The van der Waals surface area contributed by atoms with Crippen LogP contribution in [0.2, 0.25) is 0 Å². The number of nitrogens with one attached hydrogen (secondary N) is 2. The van der Waals surface area contributed by atoms with Crippen molar-refractivity contribution >= 4 is 11.9 Å². The Morgan fingerprint density at radius 3 is 2.78 bits per heavy atom. The molecule has 1 aliphatic carbocycles. The van der Waals surface area contributed by atoms with E-state index in [0.29, 0.717) is 11.9 Å². The van der Waals surface area contributed by atoms with Crippen LogP contribution in [-0.2, 0) is 11.2 Å². The maximum absolute atomic E-state index is 12.7. The van der Waals surface area contributed by atoms with Crippen LogP contribution in [0.5, 0.6) is 0 Å². The molecule has 5 heteroatoms. The third-order valence-corrected chi connectivity index (χ3v) is 5.81. The summed E-state index contributed by atoms with van der Waals surface area (Å²) in [6.07, 6.45) is 7.84. The Balaban J connectivity index is 1.41. The summed E-state index contributed by atoms with van der Waals surface area (Å²) >= 11 is 0. The highest BCUT2D eigenvalue weighted by molar-refractivity contribution is 5.81. The van der Waals surface area contributed by atoms with Gasteiger partial charge in [0.1, 0.15) is 0 Å². The average Bonchev–Trinajstić information content (AvgIpc) is 3.16. The van der Waals surface area contributed by atoms with Gasteiger partial charge in [0.15, 0.2) is 5.96 Å². The highest BCUT2D eigenvalue weighted by Crippen LogP contribution is 2.26. The van der Waals surface area contributed by atoms with Gasteiger partial charge in [-0.2, -0.15) is 0 Å². The summed E-state index contributed by atoms with van der Waals surface area (Å²) in [5.74, 6) is 1.48. The van der Waals surface area contributed by atoms with Crippen molar-refractivity contribution in [3.8, 4) is 0 Å². The van der Waals surface area contributed by atoms with E-state index in [1.165, 1.54) is 30.4 Å². The molecule has 1 amide bonds. The van der Waals surface area contributed by atoms with E-state index in [2.05, 4.69) is 51.7 Å². The topological polar surface area (TPSA) is 56.7 Å². The highest BCUT2D eigenvalue weighted by Gasteiger charge is 2.31. The van der Waals surface area contributed by atoms with Crippen molar-refractivity contribution in [2.75, 3.05) is 26.7 Å². The number of aliphatic imine (C=N–C) groups is 1. The summed E-state index contributed by atoms with van der Waals surface area (Å²) in [5, 5.41) is 6.90. The molecule has 1 aromatic carbocycles. The van der Waals surface area contributed by atoms with Crippen LogP contribution >= 0.6 is 0 Å². The molecule has 1 heterocycles. The van der Waals surface area contributed by atoms with Gasteiger partial charge >= 0.3 is 0 Å². The lowest BCUT2D eigenvalue weighted by Crippen LogP contribution is -2.46. The van der Waals surface area contributed by atoms with Gasteiger partial charge in [0.2, 0.25) is 5.91 Å². The molecule has 2 fully saturated rings. The van der Waals surface area contributed by atoms with Gasteiger partial charge in [-0.25, -0.2) is 0 Å². The van der Waals surface area contributed by atoms with Gasteiger partial charge in [0, 0.05) is 38.6 Å². The first-order valence-electron chi connectivity index (χ1n) is 10.5. The van der Waals surface area contributed by atoms with E-state index >= 15 is 0 Å². The van der Waals surface area contributed by atoms with Gasteiger partial charge in [-0.05, 0) is 38.2 Å². The fourth-order valence-electron chi connectivity index (χ4n) is 4.27. The van der Waals surface area contributed by atoms with Crippen LogP contribution in [0, 0.1) is 12.8 Å². The second-order valence-corrected chi connectivity index (χ2v) is 7.99. The first-order chi connectivity index (χ1) is 13.2. The van der Waals surface area contributed by atoms with Crippen molar-refractivity contribution in [1.82, 2.24) is 15.5 Å². The minimum absolute atomic E-state index is 0.268. The van der Waals surface area contributed by atoms with Crippen LogP contribution in [-0.4, -0.2) is 49.5 Å². The second kappa shape index (κ2) is 9.77.